The van der Waals surface area contributed by atoms with Crippen molar-refractivity contribution in [3.8, 4) is 6.07 Å². The standard InChI is InChI=1S/C12H8BrFN4/c13-9-2-1-3-10(14)11(9)18-12-7(5-15)4-8(16)6-17-12/h1-4,6H,16H2,(H,17,18). The van der Waals surface area contributed by atoms with Gasteiger partial charge in [-0.2, -0.15) is 5.26 Å². The fourth-order valence-corrected chi connectivity index (χ4v) is 1.84. The molecule has 0 spiro atoms. The van der Waals surface area contributed by atoms with Gasteiger partial charge in [-0.3, -0.25) is 0 Å². The molecule has 0 atom stereocenters. The fraction of sp³-hybridized carbons (Fsp3) is 0. The highest BCUT2D eigenvalue weighted by atomic mass is 79.9. The molecule has 0 amide bonds. The maximum atomic E-state index is 13.6. The highest BCUT2D eigenvalue weighted by molar-refractivity contribution is 9.10. The lowest BCUT2D eigenvalue weighted by Gasteiger charge is -2.10. The molecule has 2 rings (SSSR count). The average Bonchev–Trinajstić information content (AvgIpc) is 2.35. The average molecular weight is 307 g/mol. The van der Waals surface area contributed by atoms with Crippen LogP contribution >= 0.6 is 15.9 Å². The Hall–Kier alpha value is -2.13. The number of nitrogens with two attached hydrogens (primary N) is 1. The number of halogens is 2. The van der Waals surface area contributed by atoms with Crippen molar-refractivity contribution in [3.63, 3.8) is 0 Å². The number of rotatable bonds is 2. The van der Waals surface area contributed by atoms with Gasteiger partial charge >= 0.3 is 0 Å². The number of nitrogens with one attached hydrogen (secondary N) is 1. The summed E-state index contributed by atoms with van der Waals surface area (Å²) in [5.41, 5.74) is 6.39. The van der Waals surface area contributed by atoms with Gasteiger partial charge in [0.1, 0.15) is 17.7 Å². The van der Waals surface area contributed by atoms with Crippen LogP contribution < -0.4 is 11.1 Å². The van der Waals surface area contributed by atoms with Crippen molar-refractivity contribution in [2.75, 3.05) is 11.1 Å². The Labute approximate surface area is 111 Å². The summed E-state index contributed by atoms with van der Waals surface area (Å²) in [6, 6.07) is 8.01. The smallest absolute Gasteiger partial charge is 0.148 e. The lowest BCUT2D eigenvalue weighted by atomic mass is 10.2. The molecule has 0 fully saturated rings. The van der Waals surface area contributed by atoms with E-state index in [0.717, 1.165) is 0 Å². The zero-order valence-corrected chi connectivity index (χ0v) is 10.7. The molecule has 90 valence electrons. The van der Waals surface area contributed by atoms with Crippen molar-refractivity contribution in [3.05, 3.63) is 46.3 Å². The Kier molecular flexibility index (Phi) is 3.44. The first-order valence-electron chi connectivity index (χ1n) is 4.98. The number of para-hydroxylation sites is 1. The van der Waals surface area contributed by atoms with E-state index < -0.39 is 5.82 Å². The zero-order valence-electron chi connectivity index (χ0n) is 9.11. The first-order valence-corrected chi connectivity index (χ1v) is 5.78. The molecule has 18 heavy (non-hydrogen) atoms. The highest BCUT2D eigenvalue weighted by Crippen LogP contribution is 2.29. The Bertz CT molecular complexity index is 616. The van der Waals surface area contributed by atoms with Crippen LogP contribution in [0.3, 0.4) is 0 Å². The van der Waals surface area contributed by atoms with E-state index in [1.165, 1.54) is 18.3 Å². The maximum Gasteiger partial charge on any atom is 0.148 e. The maximum absolute atomic E-state index is 13.6. The molecular formula is C12H8BrFN4. The number of hydrogen-bond acceptors (Lipinski definition) is 4. The molecule has 0 aliphatic carbocycles. The van der Waals surface area contributed by atoms with Gasteiger partial charge in [-0.05, 0) is 34.1 Å². The number of nitrogens with zero attached hydrogens (tertiary/aromatic N) is 2. The molecule has 1 aromatic carbocycles. The quantitative estimate of drug-likeness (QED) is 0.893. The summed E-state index contributed by atoms with van der Waals surface area (Å²) in [7, 11) is 0. The summed E-state index contributed by atoms with van der Waals surface area (Å²) in [5.74, 6) is -0.176. The van der Waals surface area contributed by atoms with Crippen molar-refractivity contribution in [2.24, 2.45) is 0 Å². The van der Waals surface area contributed by atoms with E-state index in [4.69, 9.17) is 11.0 Å². The first kappa shape index (κ1) is 12.3. The summed E-state index contributed by atoms with van der Waals surface area (Å²) in [6.45, 7) is 0. The minimum absolute atomic E-state index is 0.228. The number of hydrogen-bond donors (Lipinski definition) is 2. The van der Waals surface area contributed by atoms with Gasteiger partial charge in [-0.15, -0.1) is 0 Å². The molecule has 0 bridgehead atoms. The summed E-state index contributed by atoms with van der Waals surface area (Å²) in [6.07, 6.45) is 1.40. The van der Waals surface area contributed by atoms with E-state index in [1.54, 1.807) is 12.1 Å². The van der Waals surface area contributed by atoms with E-state index in [9.17, 15) is 4.39 Å². The summed E-state index contributed by atoms with van der Waals surface area (Å²) in [4.78, 5) is 3.98. The third-order valence-electron chi connectivity index (χ3n) is 2.24. The van der Waals surface area contributed by atoms with Crippen LogP contribution in [-0.4, -0.2) is 4.98 Å². The van der Waals surface area contributed by atoms with Crippen LogP contribution in [0.2, 0.25) is 0 Å². The van der Waals surface area contributed by atoms with E-state index >= 15 is 0 Å². The second kappa shape index (κ2) is 5.02. The van der Waals surface area contributed by atoms with Gasteiger partial charge in [0.05, 0.1) is 23.1 Å². The van der Waals surface area contributed by atoms with Crippen molar-refractivity contribution < 1.29 is 4.39 Å². The molecule has 1 heterocycles. The molecule has 1 aromatic heterocycles. The van der Waals surface area contributed by atoms with Crippen LogP contribution in [0.5, 0.6) is 0 Å². The predicted octanol–water partition coefficient (Wildman–Crippen LogP) is 3.18. The number of nitriles is 1. The summed E-state index contributed by atoms with van der Waals surface area (Å²) >= 11 is 3.23. The van der Waals surface area contributed by atoms with Crippen LogP contribution in [0.15, 0.2) is 34.9 Å². The number of aromatic nitrogens is 1. The molecule has 3 N–H and O–H groups in total. The molecule has 0 saturated carbocycles. The number of nitrogen functional groups attached to an aromatic ring is 1. The van der Waals surface area contributed by atoms with E-state index in [2.05, 4.69) is 26.2 Å². The molecule has 0 unspecified atom stereocenters. The zero-order chi connectivity index (χ0) is 13.1. The number of pyridine rings is 1. The fourth-order valence-electron chi connectivity index (χ4n) is 1.40. The predicted molar refractivity (Wildman–Crippen MR) is 70.7 cm³/mol. The normalized spacial score (nSPS) is 9.83. The highest BCUT2D eigenvalue weighted by Gasteiger charge is 2.10. The van der Waals surface area contributed by atoms with Gasteiger partial charge < -0.3 is 11.1 Å². The van der Waals surface area contributed by atoms with Gasteiger partial charge in [-0.25, -0.2) is 9.37 Å². The van der Waals surface area contributed by atoms with Gasteiger partial charge in [0.15, 0.2) is 0 Å². The second-order valence-electron chi connectivity index (χ2n) is 3.50. The summed E-state index contributed by atoms with van der Waals surface area (Å²) < 4.78 is 14.2. The van der Waals surface area contributed by atoms with Crippen LogP contribution in [0.1, 0.15) is 5.56 Å². The Morgan fingerprint density at radius 3 is 2.89 bits per heavy atom. The third kappa shape index (κ3) is 2.41. The molecule has 0 aliphatic rings. The largest absolute Gasteiger partial charge is 0.397 e. The molecule has 6 heteroatoms. The topological polar surface area (TPSA) is 74.7 Å². The molecule has 0 aliphatic heterocycles. The monoisotopic (exact) mass is 306 g/mol. The first-order chi connectivity index (χ1) is 8.61. The molecule has 4 nitrogen and oxygen atoms in total. The minimum Gasteiger partial charge on any atom is -0.397 e. The molecule has 0 radical (unpaired) electrons. The summed E-state index contributed by atoms with van der Waals surface area (Å²) in [5, 5.41) is 11.7. The van der Waals surface area contributed by atoms with Crippen molar-refractivity contribution in [1.29, 1.82) is 5.26 Å². The van der Waals surface area contributed by atoms with E-state index in [1.807, 2.05) is 6.07 Å². The van der Waals surface area contributed by atoms with Crippen LogP contribution in [0.25, 0.3) is 0 Å². The van der Waals surface area contributed by atoms with Gasteiger partial charge in [0, 0.05) is 4.47 Å². The number of anilines is 3. The lowest BCUT2D eigenvalue weighted by Crippen LogP contribution is -2.01. The minimum atomic E-state index is -0.438. The Morgan fingerprint density at radius 1 is 1.44 bits per heavy atom. The van der Waals surface area contributed by atoms with E-state index in [0.29, 0.717) is 10.2 Å². The number of benzene rings is 1. The Morgan fingerprint density at radius 2 is 2.22 bits per heavy atom. The van der Waals surface area contributed by atoms with Gasteiger partial charge in [-0.1, -0.05) is 6.07 Å². The second-order valence-corrected chi connectivity index (χ2v) is 4.35. The van der Waals surface area contributed by atoms with Crippen molar-refractivity contribution in [1.82, 2.24) is 4.98 Å². The Balaban J connectivity index is 2.44. The van der Waals surface area contributed by atoms with Crippen LogP contribution in [0.4, 0.5) is 21.6 Å². The lowest BCUT2D eigenvalue weighted by molar-refractivity contribution is 0.631. The molecule has 0 saturated heterocycles. The SMILES string of the molecule is N#Cc1cc(N)cnc1Nc1c(F)cccc1Br. The van der Waals surface area contributed by atoms with Crippen LogP contribution in [0, 0.1) is 17.1 Å². The van der Waals surface area contributed by atoms with Crippen LogP contribution in [-0.2, 0) is 0 Å². The van der Waals surface area contributed by atoms with Crippen molar-refractivity contribution in [2.45, 2.75) is 0 Å². The van der Waals surface area contributed by atoms with Crippen molar-refractivity contribution >= 4 is 33.1 Å². The molecular weight excluding hydrogens is 299 g/mol. The van der Waals surface area contributed by atoms with E-state index in [-0.39, 0.29) is 17.1 Å². The van der Waals surface area contributed by atoms with Gasteiger partial charge in [0.25, 0.3) is 0 Å². The molecule has 2 aromatic rings. The third-order valence-corrected chi connectivity index (χ3v) is 2.90. The van der Waals surface area contributed by atoms with Gasteiger partial charge in [0.2, 0.25) is 0 Å².